The molecule has 0 unspecified atom stereocenters. The zero-order valence-corrected chi connectivity index (χ0v) is 19.3. The van der Waals surface area contributed by atoms with Crippen LogP contribution < -0.4 is 10.2 Å². The Bertz CT molecular complexity index is 873. The van der Waals surface area contributed by atoms with E-state index in [2.05, 4.69) is 33.4 Å². The fraction of sp³-hybridized carbons (Fsp3) is 0.300. The lowest BCUT2D eigenvalue weighted by atomic mass is 10.2. The monoisotopic (exact) mass is 498 g/mol. The summed E-state index contributed by atoms with van der Waals surface area (Å²) in [5.74, 6) is 2.83. The molecular weight excluding hydrogens is 480 g/mol. The Morgan fingerprint density at radius 1 is 1.32 bits per heavy atom. The Kier molecular flexibility index (Phi) is 7.74. The number of halogens is 2. The van der Waals surface area contributed by atoms with E-state index < -0.39 is 0 Å². The molecule has 0 radical (unpaired) electrons. The third kappa shape index (κ3) is 6.17. The third-order valence-corrected chi connectivity index (χ3v) is 8.36. The van der Waals surface area contributed by atoms with Crippen molar-refractivity contribution in [2.24, 2.45) is 5.10 Å². The molecule has 28 heavy (non-hydrogen) atoms. The minimum Gasteiger partial charge on any atom is -0.488 e. The molecule has 1 fully saturated rings. The molecular formula is C20H20BrClN2O2S2. The lowest BCUT2D eigenvalue weighted by Gasteiger charge is -2.19. The number of amides is 1. The molecule has 0 aliphatic carbocycles. The van der Waals surface area contributed by atoms with E-state index in [4.69, 9.17) is 16.3 Å². The van der Waals surface area contributed by atoms with Crippen molar-refractivity contribution in [1.82, 2.24) is 5.43 Å². The largest absolute Gasteiger partial charge is 0.488 e. The quantitative estimate of drug-likeness (QED) is 0.391. The Morgan fingerprint density at radius 3 is 2.79 bits per heavy atom. The van der Waals surface area contributed by atoms with Gasteiger partial charge in [0.2, 0.25) is 5.91 Å². The van der Waals surface area contributed by atoms with Gasteiger partial charge in [-0.2, -0.15) is 5.10 Å². The van der Waals surface area contributed by atoms with Gasteiger partial charge >= 0.3 is 0 Å². The minimum absolute atomic E-state index is 0.0384. The van der Waals surface area contributed by atoms with Gasteiger partial charge in [-0.1, -0.05) is 29.8 Å². The van der Waals surface area contributed by atoms with Crippen LogP contribution in [0.1, 0.15) is 24.5 Å². The Labute approximate surface area is 187 Å². The van der Waals surface area contributed by atoms with Crippen LogP contribution in [0.25, 0.3) is 0 Å². The van der Waals surface area contributed by atoms with E-state index in [1.54, 1.807) is 6.21 Å². The third-order valence-electron chi connectivity index (χ3n) is 4.08. The molecule has 1 aliphatic rings. The highest BCUT2D eigenvalue weighted by molar-refractivity contribution is 9.10. The van der Waals surface area contributed by atoms with Gasteiger partial charge in [-0.3, -0.25) is 4.79 Å². The maximum Gasteiger partial charge on any atom is 0.242 e. The van der Waals surface area contributed by atoms with Crippen molar-refractivity contribution in [2.75, 3.05) is 11.5 Å². The number of nitrogens with zero attached hydrogens (tertiary/aromatic N) is 1. The average Bonchev–Trinajstić information content (AvgIpc) is 3.08. The molecule has 1 saturated heterocycles. The summed E-state index contributed by atoms with van der Waals surface area (Å²) in [5.41, 5.74) is 4.40. The standard InChI is InChI=1S/C20H20BrClN2O2S2/c1-20(27-8-9-28-20)11-19(25)24-23-12-14-6-7-18(16(21)10-14)26-13-15-4-2-3-5-17(15)22/h2-7,10,12H,8-9,11,13H2,1H3,(H,24,25)/b23-12-. The minimum atomic E-state index is -0.0700. The summed E-state index contributed by atoms with van der Waals surface area (Å²) in [4.78, 5) is 12.1. The van der Waals surface area contributed by atoms with Crippen molar-refractivity contribution in [3.05, 3.63) is 63.1 Å². The Balaban J connectivity index is 1.52. The van der Waals surface area contributed by atoms with Crippen LogP contribution in [0, 0.1) is 0 Å². The van der Waals surface area contributed by atoms with Gasteiger partial charge in [-0.05, 0) is 52.7 Å². The molecule has 2 aromatic carbocycles. The molecule has 0 aromatic heterocycles. The van der Waals surface area contributed by atoms with Crippen LogP contribution in [0.5, 0.6) is 5.75 Å². The molecule has 3 rings (SSSR count). The molecule has 0 spiro atoms. The van der Waals surface area contributed by atoms with Crippen LogP contribution in [0.4, 0.5) is 0 Å². The molecule has 148 valence electrons. The highest BCUT2D eigenvalue weighted by Gasteiger charge is 2.32. The molecule has 0 bridgehead atoms. The van der Waals surface area contributed by atoms with Crippen molar-refractivity contribution >= 4 is 63.2 Å². The van der Waals surface area contributed by atoms with Gasteiger partial charge in [0.05, 0.1) is 21.2 Å². The second kappa shape index (κ2) is 10.1. The number of nitrogens with one attached hydrogen (secondary N) is 1. The van der Waals surface area contributed by atoms with E-state index in [0.717, 1.165) is 27.1 Å². The average molecular weight is 500 g/mol. The summed E-state index contributed by atoms with van der Waals surface area (Å²) in [6.45, 7) is 2.49. The van der Waals surface area contributed by atoms with Crippen molar-refractivity contribution in [3.8, 4) is 5.75 Å². The number of rotatable bonds is 7. The van der Waals surface area contributed by atoms with Crippen molar-refractivity contribution in [1.29, 1.82) is 0 Å². The van der Waals surface area contributed by atoms with Gasteiger partial charge in [0, 0.05) is 22.1 Å². The molecule has 1 N–H and O–H groups in total. The SMILES string of the molecule is CC1(CC(=O)N/N=C\c2ccc(OCc3ccccc3Cl)c(Br)c2)SCCS1. The smallest absolute Gasteiger partial charge is 0.242 e. The van der Waals surface area contributed by atoms with Gasteiger partial charge in [0.15, 0.2) is 0 Å². The Hall–Kier alpha value is -1.15. The van der Waals surface area contributed by atoms with E-state index in [-0.39, 0.29) is 9.99 Å². The van der Waals surface area contributed by atoms with E-state index >= 15 is 0 Å². The molecule has 1 amide bonds. The number of benzene rings is 2. The molecule has 0 saturated carbocycles. The summed E-state index contributed by atoms with van der Waals surface area (Å²) >= 11 is 13.3. The maximum atomic E-state index is 12.1. The summed E-state index contributed by atoms with van der Waals surface area (Å²) in [6, 6.07) is 13.2. The lowest BCUT2D eigenvalue weighted by molar-refractivity contribution is -0.121. The van der Waals surface area contributed by atoms with Crippen LogP contribution in [-0.4, -0.2) is 27.7 Å². The molecule has 1 heterocycles. The van der Waals surface area contributed by atoms with Crippen molar-refractivity contribution < 1.29 is 9.53 Å². The molecule has 0 atom stereocenters. The summed E-state index contributed by atoms with van der Waals surface area (Å²) in [5, 5.41) is 4.75. The molecule has 1 aliphatic heterocycles. The first-order chi connectivity index (χ1) is 13.5. The normalized spacial score (nSPS) is 15.7. The van der Waals surface area contributed by atoms with Crippen LogP contribution in [0.3, 0.4) is 0 Å². The number of carbonyl (C=O) groups excluding carboxylic acids is 1. The van der Waals surface area contributed by atoms with Gasteiger partial charge in [-0.25, -0.2) is 5.43 Å². The predicted molar refractivity (Wildman–Crippen MR) is 124 cm³/mol. The highest BCUT2D eigenvalue weighted by Crippen LogP contribution is 2.45. The number of carbonyl (C=O) groups is 1. The number of ether oxygens (including phenoxy) is 1. The topological polar surface area (TPSA) is 50.7 Å². The number of hydrogen-bond acceptors (Lipinski definition) is 5. The summed E-state index contributed by atoms with van der Waals surface area (Å²) in [6.07, 6.45) is 2.08. The van der Waals surface area contributed by atoms with Crippen LogP contribution >= 0.6 is 51.1 Å². The van der Waals surface area contributed by atoms with Crippen molar-refractivity contribution in [3.63, 3.8) is 0 Å². The first-order valence-corrected chi connectivity index (χ1v) is 11.8. The van der Waals surface area contributed by atoms with Crippen molar-refractivity contribution in [2.45, 2.75) is 24.0 Å². The number of hydrazone groups is 1. The second-order valence-electron chi connectivity index (χ2n) is 6.37. The molecule has 8 heteroatoms. The Morgan fingerprint density at radius 2 is 2.07 bits per heavy atom. The van der Waals surface area contributed by atoms with Crippen LogP contribution in [-0.2, 0) is 11.4 Å². The van der Waals surface area contributed by atoms with E-state index in [0.29, 0.717) is 23.8 Å². The summed E-state index contributed by atoms with van der Waals surface area (Å²) in [7, 11) is 0. The fourth-order valence-corrected chi connectivity index (χ4v) is 6.19. The first-order valence-electron chi connectivity index (χ1n) is 8.71. The van der Waals surface area contributed by atoms with Gasteiger partial charge in [-0.15, -0.1) is 23.5 Å². The number of hydrogen-bond donors (Lipinski definition) is 1. The van der Waals surface area contributed by atoms with Gasteiger partial charge < -0.3 is 4.74 Å². The zero-order chi connectivity index (χ0) is 20.0. The van der Waals surface area contributed by atoms with Gasteiger partial charge in [0.25, 0.3) is 0 Å². The number of thioether (sulfide) groups is 2. The summed E-state index contributed by atoms with van der Waals surface area (Å²) < 4.78 is 6.60. The van der Waals surface area contributed by atoms with Crippen LogP contribution in [0.2, 0.25) is 5.02 Å². The molecule has 2 aromatic rings. The fourth-order valence-electron chi connectivity index (χ4n) is 2.65. The molecule has 4 nitrogen and oxygen atoms in total. The van der Waals surface area contributed by atoms with E-state index in [1.165, 1.54) is 0 Å². The maximum absolute atomic E-state index is 12.1. The second-order valence-corrected chi connectivity index (χ2v) is 11.1. The first kappa shape index (κ1) is 21.6. The lowest BCUT2D eigenvalue weighted by Crippen LogP contribution is -2.26. The van der Waals surface area contributed by atoms with Gasteiger partial charge in [0.1, 0.15) is 12.4 Å². The van der Waals surface area contributed by atoms with E-state index in [9.17, 15) is 4.79 Å². The predicted octanol–water partition coefficient (Wildman–Crippen LogP) is 5.72. The zero-order valence-electron chi connectivity index (χ0n) is 15.3. The highest BCUT2D eigenvalue weighted by atomic mass is 79.9. The van der Waals surface area contributed by atoms with Crippen LogP contribution in [0.15, 0.2) is 52.0 Å². The van der Waals surface area contributed by atoms with E-state index in [1.807, 2.05) is 66.0 Å².